The molecule has 0 aliphatic rings. The Morgan fingerprint density at radius 3 is 2.10 bits per heavy atom. The molecule has 0 saturated heterocycles. The van der Waals surface area contributed by atoms with E-state index in [0.717, 1.165) is 0 Å². The number of hydrogen-bond acceptors (Lipinski definition) is 9. The highest BCUT2D eigenvalue weighted by molar-refractivity contribution is 5.96. The van der Waals surface area contributed by atoms with Crippen molar-refractivity contribution in [1.82, 2.24) is 25.9 Å². The van der Waals surface area contributed by atoms with Crippen LogP contribution < -0.4 is 44.6 Å². The second-order valence-electron chi connectivity index (χ2n) is 8.81. The van der Waals surface area contributed by atoms with Crippen LogP contribution in [0.25, 0.3) is 0 Å². The average Bonchev–Trinajstić information content (AvgIpc) is 3.37. The van der Waals surface area contributed by atoms with E-state index in [1.165, 1.54) is 12.5 Å². The van der Waals surface area contributed by atoms with E-state index in [-0.39, 0.29) is 38.2 Å². The summed E-state index contributed by atoms with van der Waals surface area (Å²) in [6, 6.07) is -4.97. The highest BCUT2D eigenvalue weighted by atomic mass is 16.4. The Bertz CT molecular complexity index is 981. The minimum Gasteiger partial charge on any atom is -0.480 e. The molecule has 1 aromatic rings. The summed E-state index contributed by atoms with van der Waals surface area (Å²) in [6.45, 7) is 0.495. The molecule has 0 radical (unpaired) electrons. The predicted octanol–water partition coefficient (Wildman–Crippen LogP) is -4.12. The molecule has 218 valence electrons. The van der Waals surface area contributed by atoms with E-state index in [1.807, 2.05) is 0 Å². The first kappa shape index (κ1) is 32.8. The number of carboxylic acids is 1. The summed E-state index contributed by atoms with van der Waals surface area (Å²) in [5.41, 5.74) is 27.8. The van der Waals surface area contributed by atoms with Crippen LogP contribution in [0.15, 0.2) is 17.5 Å². The fourth-order valence-corrected chi connectivity index (χ4v) is 3.48. The molecule has 1 aromatic heterocycles. The normalized spacial score (nSPS) is 13.8. The van der Waals surface area contributed by atoms with Crippen molar-refractivity contribution in [3.63, 3.8) is 0 Å². The Morgan fingerprint density at radius 1 is 0.923 bits per heavy atom. The standard InChI is InChI=1S/C22H39N11O6/c23-6-2-1-4-14(19(36)32-15(21(38)39)5-3-7-29-22(26)27)31-20(37)16(9-17(25)34)33-18(35)13(24)8-12-10-28-11-30-12/h10-11,13-16H,1-9,23-24H2,(H2,25,34)(H,28,30)(H,31,37)(H,32,36)(H,33,35)(H,38,39)(H4,26,27,29). The lowest BCUT2D eigenvalue weighted by Crippen LogP contribution is -2.57. The van der Waals surface area contributed by atoms with Crippen LogP contribution in [0, 0.1) is 0 Å². The molecule has 0 spiro atoms. The number of amides is 4. The van der Waals surface area contributed by atoms with Crippen molar-refractivity contribution < 1.29 is 29.1 Å². The molecule has 17 heteroatoms. The summed E-state index contributed by atoms with van der Waals surface area (Å²) >= 11 is 0. The van der Waals surface area contributed by atoms with Gasteiger partial charge in [-0.2, -0.15) is 0 Å². The lowest BCUT2D eigenvalue weighted by atomic mass is 10.0. The van der Waals surface area contributed by atoms with Crippen LogP contribution in [0.3, 0.4) is 0 Å². The lowest BCUT2D eigenvalue weighted by molar-refractivity contribution is -0.142. The Morgan fingerprint density at radius 2 is 1.54 bits per heavy atom. The fraction of sp³-hybridized carbons (Fsp3) is 0.591. The topological polar surface area (TPSA) is 313 Å². The van der Waals surface area contributed by atoms with Gasteiger partial charge in [-0.15, -0.1) is 0 Å². The van der Waals surface area contributed by atoms with Gasteiger partial charge >= 0.3 is 5.97 Å². The van der Waals surface area contributed by atoms with E-state index < -0.39 is 60.2 Å². The second kappa shape index (κ2) is 17.3. The minimum atomic E-state index is -1.43. The van der Waals surface area contributed by atoms with Crippen LogP contribution in [0.1, 0.15) is 44.2 Å². The van der Waals surface area contributed by atoms with Crippen LogP contribution in [-0.2, 0) is 30.4 Å². The molecule has 1 rings (SSSR count). The van der Waals surface area contributed by atoms with Gasteiger partial charge in [-0.3, -0.25) is 24.2 Å². The van der Waals surface area contributed by atoms with Crippen molar-refractivity contribution in [1.29, 1.82) is 0 Å². The van der Waals surface area contributed by atoms with Crippen molar-refractivity contribution in [3.05, 3.63) is 18.2 Å². The van der Waals surface area contributed by atoms with Crippen LogP contribution in [0.4, 0.5) is 0 Å². The number of nitrogens with one attached hydrogen (secondary N) is 4. The molecule has 17 nitrogen and oxygen atoms in total. The molecule has 0 aliphatic heterocycles. The maximum Gasteiger partial charge on any atom is 0.326 e. The summed E-state index contributed by atoms with van der Waals surface area (Å²) in [6.07, 6.45) is 3.79. The third-order valence-corrected chi connectivity index (χ3v) is 5.51. The van der Waals surface area contributed by atoms with E-state index >= 15 is 0 Å². The molecule has 0 bridgehead atoms. The van der Waals surface area contributed by atoms with Gasteiger partial charge in [0.05, 0.1) is 18.8 Å². The summed E-state index contributed by atoms with van der Waals surface area (Å²) in [7, 11) is 0. The highest BCUT2D eigenvalue weighted by Crippen LogP contribution is 2.06. The number of nitrogens with two attached hydrogens (primary N) is 5. The number of rotatable bonds is 19. The molecule has 39 heavy (non-hydrogen) atoms. The van der Waals surface area contributed by atoms with Crippen molar-refractivity contribution in [2.45, 2.75) is 69.1 Å². The molecular formula is C22H39N11O6. The monoisotopic (exact) mass is 553 g/mol. The molecule has 4 unspecified atom stereocenters. The van der Waals surface area contributed by atoms with Gasteiger partial charge in [0.25, 0.3) is 0 Å². The van der Waals surface area contributed by atoms with Crippen molar-refractivity contribution >= 4 is 35.6 Å². The van der Waals surface area contributed by atoms with Gasteiger partial charge in [0.2, 0.25) is 23.6 Å². The second-order valence-corrected chi connectivity index (χ2v) is 8.81. The number of aliphatic imine (C=N–C) groups is 1. The third kappa shape index (κ3) is 13.2. The number of imidazole rings is 1. The molecular weight excluding hydrogens is 514 g/mol. The Labute approximate surface area is 225 Å². The zero-order chi connectivity index (χ0) is 29.4. The molecule has 4 atom stereocenters. The molecule has 0 aromatic carbocycles. The molecule has 0 fully saturated rings. The van der Waals surface area contributed by atoms with E-state index in [4.69, 9.17) is 28.7 Å². The maximum absolute atomic E-state index is 13.0. The quantitative estimate of drug-likeness (QED) is 0.0445. The SMILES string of the molecule is NCCCCC(NC(=O)C(CC(N)=O)NC(=O)C(N)Cc1cnc[nH]1)C(=O)NC(CCCN=C(N)N)C(=O)O. The Kier molecular flexibility index (Phi) is 14.5. The third-order valence-electron chi connectivity index (χ3n) is 5.51. The van der Waals surface area contributed by atoms with Gasteiger partial charge in [-0.25, -0.2) is 9.78 Å². The maximum atomic E-state index is 13.0. The number of aliphatic carboxylic acids is 1. The Balaban J connectivity index is 2.94. The first-order valence-corrected chi connectivity index (χ1v) is 12.3. The average molecular weight is 554 g/mol. The number of nitrogens with zero attached hydrogens (tertiary/aromatic N) is 2. The van der Waals surface area contributed by atoms with Gasteiger partial charge in [0.1, 0.15) is 18.1 Å². The summed E-state index contributed by atoms with van der Waals surface area (Å²) in [4.78, 5) is 72.3. The van der Waals surface area contributed by atoms with Crippen LogP contribution in [0.2, 0.25) is 0 Å². The smallest absolute Gasteiger partial charge is 0.326 e. The highest BCUT2D eigenvalue weighted by Gasteiger charge is 2.31. The van der Waals surface area contributed by atoms with Crippen LogP contribution in [-0.4, -0.2) is 87.9 Å². The number of hydrogen-bond donors (Lipinski definition) is 10. The van der Waals surface area contributed by atoms with Gasteiger partial charge in [0, 0.05) is 24.9 Å². The van der Waals surface area contributed by atoms with Crippen LogP contribution in [0.5, 0.6) is 0 Å². The number of carbonyl (C=O) groups is 5. The minimum absolute atomic E-state index is 0.0237. The number of primary amides is 1. The summed E-state index contributed by atoms with van der Waals surface area (Å²) in [5, 5.41) is 16.8. The molecule has 4 amide bonds. The number of carbonyl (C=O) groups excluding carboxylic acids is 4. The fourth-order valence-electron chi connectivity index (χ4n) is 3.48. The lowest BCUT2D eigenvalue weighted by Gasteiger charge is -2.25. The number of aromatic nitrogens is 2. The van der Waals surface area contributed by atoms with Crippen LogP contribution >= 0.6 is 0 Å². The number of carboxylic acid groups (broad SMARTS) is 1. The van der Waals surface area contributed by atoms with Gasteiger partial charge < -0.3 is 54.7 Å². The van der Waals surface area contributed by atoms with Gasteiger partial charge in [-0.05, 0) is 38.6 Å². The summed E-state index contributed by atoms with van der Waals surface area (Å²) < 4.78 is 0. The zero-order valence-electron chi connectivity index (χ0n) is 21.6. The first-order chi connectivity index (χ1) is 18.4. The number of unbranched alkanes of at least 4 members (excludes halogenated alkanes) is 1. The van der Waals surface area contributed by atoms with E-state index in [1.54, 1.807) is 0 Å². The first-order valence-electron chi connectivity index (χ1n) is 12.3. The van der Waals surface area contributed by atoms with Gasteiger partial charge in [0.15, 0.2) is 5.96 Å². The molecule has 0 aliphatic carbocycles. The van der Waals surface area contributed by atoms with Crippen molar-refractivity contribution in [2.24, 2.45) is 33.7 Å². The Hall–Kier alpha value is -4.25. The number of aromatic amines is 1. The van der Waals surface area contributed by atoms with E-state index in [9.17, 15) is 29.1 Å². The van der Waals surface area contributed by atoms with Crippen molar-refractivity contribution in [2.75, 3.05) is 13.1 Å². The summed E-state index contributed by atoms with van der Waals surface area (Å²) in [5.74, 6) is -4.69. The van der Waals surface area contributed by atoms with E-state index in [2.05, 4.69) is 30.9 Å². The molecule has 0 saturated carbocycles. The van der Waals surface area contributed by atoms with Gasteiger partial charge in [-0.1, -0.05) is 0 Å². The molecule has 15 N–H and O–H groups in total. The molecule has 1 heterocycles. The van der Waals surface area contributed by atoms with Crippen molar-refractivity contribution in [3.8, 4) is 0 Å². The zero-order valence-corrected chi connectivity index (χ0v) is 21.6. The number of guanidine groups is 1. The largest absolute Gasteiger partial charge is 0.480 e. The predicted molar refractivity (Wildman–Crippen MR) is 140 cm³/mol. The van der Waals surface area contributed by atoms with E-state index in [0.29, 0.717) is 25.1 Å². The number of H-pyrrole nitrogens is 1.